The molecule has 0 saturated carbocycles. The third kappa shape index (κ3) is 6.04. The van der Waals surface area contributed by atoms with Crippen molar-refractivity contribution in [1.82, 2.24) is 20.1 Å². The van der Waals surface area contributed by atoms with Crippen LogP contribution in [0.5, 0.6) is 17.2 Å². The van der Waals surface area contributed by atoms with Crippen LogP contribution in [0.2, 0.25) is 0 Å². The molecule has 0 bridgehead atoms. The highest BCUT2D eigenvalue weighted by molar-refractivity contribution is 7.19. The Kier molecular flexibility index (Phi) is 7.97. The zero-order chi connectivity index (χ0) is 28.9. The third-order valence-electron chi connectivity index (χ3n) is 6.04. The molecule has 0 aliphatic carbocycles. The summed E-state index contributed by atoms with van der Waals surface area (Å²) in [5.74, 6) is 2.11. The Bertz CT molecular complexity index is 1660. The van der Waals surface area contributed by atoms with Crippen LogP contribution in [0.3, 0.4) is 0 Å². The number of ether oxygens (including phenoxy) is 3. The van der Waals surface area contributed by atoms with Gasteiger partial charge in [0, 0.05) is 41.5 Å². The zero-order valence-corrected chi connectivity index (χ0v) is 23.5. The van der Waals surface area contributed by atoms with Crippen molar-refractivity contribution in [3.8, 4) is 39.4 Å². The van der Waals surface area contributed by atoms with E-state index in [-0.39, 0.29) is 24.0 Å². The number of aryl methyl sites for hydroxylation is 1. The second kappa shape index (κ2) is 11.9. The van der Waals surface area contributed by atoms with E-state index in [1.165, 1.54) is 18.4 Å². The molecule has 0 radical (unpaired) electrons. The molecule has 0 fully saturated rings. The number of hydrogen-bond donors (Lipinski definition) is 3. The number of hydrogen-bond acceptors (Lipinski definition) is 12. The first-order valence-corrected chi connectivity index (χ1v) is 13.2. The van der Waals surface area contributed by atoms with Gasteiger partial charge in [-0.25, -0.2) is 4.98 Å². The first-order chi connectivity index (χ1) is 19.9. The van der Waals surface area contributed by atoms with E-state index >= 15 is 0 Å². The lowest BCUT2D eigenvalue weighted by atomic mass is 10.1. The number of nitrogens with one attached hydrogen (secondary N) is 2. The summed E-state index contributed by atoms with van der Waals surface area (Å²) in [6, 6.07) is 12.7. The molecule has 4 N–H and O–H groups in total. The molecule has 12 nitrogen and oxygen atoms in total. The largest absolute Gasteiger partial charge is 0.493 e. The van der Waals surface area contributed by atoms with E-state index in [9.17, 15) is 4.79 Å². The minimum Gasteiger partial charge on any atom is -0.493 e. The molecule has 13 heteroatoms. The van der Waals surface area contributed by atoms with Crippen LogP contribution in [0.25, 0.3) is 22.2 Å². The van der Waals surface area contributed by atoms with Crippen LogP contribution < -0.4 is 30.6 Å². The summed E-state index contributed by atoms with van der Waals surface area (Å²) in [5, 5.41) is 10.8. The number of aromatic nitrogens is 4. The van der Waals surface area contributed by atoms with Gasteiger partial charge in [0.05, 0.1) is 27.8 Å². The summed E-state index contributed by atoms with van der Waals surface area (Å²) in [7, 11) is 4.63. The Morgan fingerprint density at radius 1 is 1.02 bits per heavy atom. The fourth-order valence-electron chi connectivity index (χ4n) is 4.07. The number of nitrogens with two attached hydrogens (primary N) is 1. The second-order valence-corrected chi connectivity index (χ2v) is 9.81. The summed E-state index contributed by atoms with van der Waals surface area (Å²) in [6.07, 6.45) is 3.54. The summed E-state index contributed by atoms with van der Waals surface area (Å²) < 4.78 is 21.8. The highest BCUT2D eigenvalue weighted by Gasteiger charge is 2.20. The molecular formula is C28H27N7O5S. The van der Waals surface area contributed by atoms with Gasteiger partial charge >= 0.3 is 0 Å². The summed E-state index contributed by atoms with van der Waals surface area (Å²) in [4.78, 5) is 26.1. The van der Waals surface area contributed by atoms with E-state index in [1.807, 2.05) is 25.1 Å². The lowest BCUT2D eigenvalue weighted by Crippen LogP contribution is -2.14. The number of methoxy groups -OCH3 is 3. The fraction of sp³-hybridized carbons (Fsp3) is 0.179. The maximum Gasteiger partial charge on any atom is 0.272 e. The van der Waals surface area contributed by atoms with Crippen LogP contribution in [0.4, 0.5) is 22.3 Å². The van der Waals surface area contributed by atoms with Crippen LogP contribution in [0.15, 0.2) is 59.4 Å². The van der Waals surface area contributed by atoms with Crippen molar-refractivity contribution < 1.29 is 23.5 Å². The van der Waals surface area contributed by atoms with Gasteiger partial charge in [0.25, 0.3) is 5.89 Å². The number of nitrogens with zero attached hydrogens (tertiary/aromatic N) is 4. The number of thiazole rings is 1. The highest BCUT2D eigenvalue weighted by atomic mass is 32.1. The molecule has 1 amide bonds. The monoisotopic (exact) mass is 573 g/mol. The van der Waals surface area contributed by atoms with Gasteiger partial charge < -0.3 is 35.1 Å². The number of anilines is 4. The quantitative estimate of drug-likeness (QED) is 0.204. The Balaban J connectivity index is 1.35. The predicted octanol–water partition coefficient (Wildman–Crippen LogP) is 5.10. The smallest absolute Gasteiger partial charge is 0.272 e. The Morgan fingerprint density at radius 2 is 1.80 bits per heavy atom. The van der Waals surface area contributed by atoms with Crippen LogP contribution in [-0.2, 0) is 11.2 Å². The molecule has 0 aliphatic rings. The van der Waals surface area contributed by atoms with E-state index in [1.54, 1.807) is 50.9 Å². The molecule has 5 rings (SSSR count). The highest BCUT2D eigenvalue weighted by Crippen LogP contribution is 2.42. The molecule has 0 saturated heterocycles. The molecule has 0 unspecified atom stereocenters. The molecular weight excluding hydrogens is 546 g/mol. The average Bonchev–Trinajstić information content (AvgIpc) is 3.60. The molecule has 41 heavy (non-hydrogen) atoms. The van der Waals surface area contributed by atoms with Crippen molar-refractivity contribution in [3.05, 3.63) is 66.0 Å². The molecule has 3 aromatic heterocycles. The van der Waals surface area contributed by atoms with Crippen LogP contribution in [0.1, 0.15) is 11.1 Å². The van der Waals surface area contributed by atoms with Crippen molar-refractivity contribution in [2.75, 3.05) is 37.7 Å². The van der Waals surface area contributed by atoms with Gasteiger partial charge in [-0.05, 0) is 36.2 Å². The standard InChI is InChI=1S/C28H27N7O5S/c1-15-7-8-17(31-22(36)10-16-6-5-9-30-14-16)11-19(15)26-34-27(40-35-26)24-25(29)33-28(41-24)32-18-12-20(37-2)23(39-4)21(13-18)38-3/h5-9,11-14H,10,29H2,1-4H3,(H,31,36)(H,32,33). The van der Waals surface area contributed by atoms with Crippen molar-refractivity contribution in [2.24, 2.45) is 0 Å². The summed E-state index contributed by atoms with van der Waals surface area (Å²) >= 11 is 1.25. The second-order valence-electron chi connectivity index (χ2n) is 8.81. The number of carbonyl (C=O) groups is 1. The van der Waals surface area contributed by atoms with Gasteiger partial charge in [0.1, 0.15) is 10.7 Å². The van der Waals surface area contributed by atoms with E-state index in [0.717, 1.165) is 11.1 Å². The maximum atomic E-state index is 12.5. The Morgan fingerprint density at radius 3 is 2.49 bits per heavy atom. The van der Waals surface area contributed by atoms with Gasteiger partial charge in [-0.2, -0.15) is 4.98 Å². The minimum atomic E-state index is -0.161. The molecule has 5 aromatic rings. The third-order valence-corrected chi connectivity index (χ3v) is 7.01. The number of pyridine rings is 1. The van der Waals surface area contributed by atoms with Crippen molar-refractivity contribution >= 4 is 39.6 Å². The number of nitrogen functional groups attached to an aromatic ring is 1. The normalized spacial score (nSPS) is 10.7. The fourth-order valence-corrected chi connectivity index (χ4v) is 4.90. The van der Waals surface area contributed by atoms with E-state index in [2.05, 4.69) is 30.7 Å². The SMILES string of the molecule is COc1cc(Nc2nc(N)c(-c3nc(-c4cc(NC(=O)Cc5cccnc5)ccc4C)no3)s2)cc(OC)c1OC. The Hall–Kier alpha value is -5.17. The van der Waals surface area contributed by atoms with Crippen LogP contribution in [-0.4, -0.2) is 47.3 Å². The predicted molar refractivity (Wildman–Crippen MR) is 156 cm³/mol. The van der Waals surface area contributed by atoms with Crippen LogP contribution >= 0.6 is 11.3 Å². The molecule has 0 aliphatic heterocycles. The molecule has 210 valence electrons. The zero-order valence-electron chi connectivity index (χ0n) is 22.7. The maximum absolute atomic E-state index is 12.5. The first kappa shape index (κ1) is 27.4. The summed E-state index contributed by atoms with van der Waals surface area (Å²) in [5.41, 5.74) is 9.92. The van der Waals surface area contributed by atoms with Gasteiger partial charge in [-0.3, -0.25) is 9.78 Å². The van der Waals surface area contributed by atoms with Gasteiger partial charge in [-0.15, -0.1) is 0 Å². The van der Waals surface area contributed by atoms with Crippen molar-refractivity contribution in [3.63, 3.8) is 0 Å². The topological polar surface area (TPSA) is 160 Å². The van der Waals surface area contributed by atoms with E-state index < -0.39 is 0 Å². The Labute approximate surface area is 239 Å². The van der Waals surface area contributed by atoms with E-state index in [0.29, 0.717) is 50.0 Å². The lowest BCUT2D eigenvalue weighted by molar-refractivity contribution is -0.115. The average molecular weight is 574 g/mol. The number of rotatable bonds is 10. The number of amides is 1. The lowest BCUT2D eigenvalue weighted by Gasteiger charge is -2.14. The van der Waals surface area contributed by atoms with Gasteiger partial charge in [-0.1, -0.05) is 28.6 Å². The molecule has 0 atom stereocenters. The molecule has 0 spiro atoms. The number of carbonyl (C=O) groups excluding carboxylic acids is 1. The van der Waals surface area contributed by atoms with Gasteiger partial charge in [0.15, 0.2) is 16.6 Å². The first-order valence-electron chi connectivity index (χ1n) is 12.4. The van der Waals surface area contributed by atoms with E-state index in [4.69, 9.17) is 24.5 Å². The molecule has 3 heterocycles. The van der Waals surface area contributed by atoms with Crippen LogP contribution in [0, 0.1) is 6.92 Å². The van der Waals surface area contributed by atoms with Gasteiger partial charge in [0.2, 0.25) is 17.5 Å². The minimum absolute atomic E-state index is 0.161. The van der Waals surface area contributed by atoms with Crippen molar-refractivity contribution in [2.45, 2.75) is 13.3 Å². The van der Waals surface area contributed by atoms with Crippen molar-refractivity contribution in [1.29, 1.82) is 0 Å². The number of benzene rings is 2. The summed E-state index contributed by atoms with van der Waals surface area (Å²) in [6.45, 7) is 1.92. The molecule has 2 aromatic carbocycles.